The van der Waals surface area contributed by atoms with E-state index in [1.165, 1.54) is 0 Å². The maximum Gasteiger partial charge on any atom is 0.252 e. The molecule has 0 aromatic heterocycles. The third-order valence-electron chi connectivity index (χ3n) is 3.79. The van der Waals surface area contributed by atoms with Crippen molar-refractivity contribution in [2.75, 3.05) is 0 Å². The molecule has 0 spiro atoms. The van der Waals surface area contributed by atoms with Gasteiger partial charge in [0.05, 0.1) is 12.1 Å². The highest BCUT2D eigenvalue weighted by Crippen LogP contribution is 2.24. The van der Waals surface area contributed by atoms with E-state index in [0.717, 1.165) is 16.7 Å². The largest absolute Gasteiger partial charge is 0.272 e. The number of nitrogens with zero attached hydrogens (tertiary/aromatic N) is 1. The molecule has 3 aromatic rings. The lowest BCUT2D eigenvalue weighted by atomic mass is 9.91. The molecule has 0 bridgehead atoms. The van der Waals surface area contributed by atoms with Crippen LogP contribution in [0, 0.1) is 0 Å². The Kier molecular flexibility index (Phi) is 5.60. The van der Waals surface area contributed by atoms with Crippen LogP contribution in [0.4, 0.5) is 0 Å². The number of hydrazone groups is 1. The predicted octanol–water partition coefficient (Wildman–Crippen LogP) is 4.62. The van der Waals surface area contributed by atoms with Crippen molar-refractivity contribution in [3.05, 3.63) is 107 Å². The number of benzene rings is 3. The summed E-state index contributed by atoms with van der Waals surface area (Å²) in [5.41, 5.74) is 5.35. The third-order valence-corrected chi connectivity index (χ3v) is 4.04. The maximum absolute atomic E-state index is 12.7. The summed E-state index contributed by atoms with van der Waals surface area (Å²) in [6, 6.07) is 26.6. The first-order valence-electron chi connectivity index (χ1n) is 7.92. The van der Waals surface area contributed by atoms with E-state index in [2.05, 4.69) is 10.5 Å². The highest BCUT2D eigenvalue weighted by molar-refractivity contribution is 6.30. The topological polar surface area (TPSA) is 41.5 Å². The van der Waals surface area contributed by atoms with Crippen LogP contribution in [-0.2, 0) is 4.79 Å². The Hall–Kier alpha value is -2.91. The summed E-state index contributed by atoms with van der Waals surface area (Å²) in [7, 11) is 0. The molecule has 4 heteroatoms. The molecule has 3 nitrogen and oxygen atoms in total. The van der Waals surface area contributed by atoms with Crippen LogP contribution in [0.3, 0.4) is 0 Å². The van der Waals surface area contributed by atoms with Crippen LogP contribution < -0.4 is 5.43 Å². The second-order valence-electron chi connectivity index (χ2n) is 5.54. The van der Waals surface area contributed by atoms with Gasteiger partial charge >= 0.3 is 0 Å². The quantitative estimate of drug-likeness (QED) is 0.530. The van der Waals surface area contributed by atoms with Crippen molar-refractivity contribution in [2.24, 2.45) is 5.10 Å². The van der Waals surface area contributed by atoms with Crippen LogP contribution in [0.15, 0.2) is 90.0 Å². The van der Waals surface area contributed by atoms with Crippen molar-refractivity contribution < 1.29 is 4.79 Å². The fourth-order valence-corrected chi connectivity index (χ4v) is 2.70. The summed E-state index contributed by atoms with van der Waals surface area (Å²) in [6.45, 7) is 0. The first-order valence-corrected chi connectivity index (χ1v) is 8.30. The van der Waals surface area contributed by atoms with Gasteiger partial charge < -0.3 is 0 Å². The molecule has 0 aliphatic heterocycles. The van der Waals surface area contributed by atoms with Crippen molar-refractivity contribution in [1.82, 2.24) is 5.43 Å². The van der Waals surface area contributed by atoms with E-state index in [1.807, 2.05) is 72.8 Å². The minimum Gasteiger partial charge on any atom is -0.272 e. The molecule has 0 saturated carbocycles. The Morgan fingerprint density at radius 3 is 1.88 bits per heavy atom. The average Bonchev–Trinajstić information content (AvgIpc) is 2.65. The number of halogens is 1. The van der Waals surface area contributed by atoms with E-state index in [9.17, 15) is 4.79 Å². The molecule has 0 radical (unpaired) electrons. The number of amides is 1. The van der Waals surface area contributed by atoms with Gasteiger partial charge in [-0.05, 0) is 28.8 Å². The van der Waals surface area contributed by atoms with E-state index < -0.39 is 5.92 Å². The van der Waals surface area contributed by atoms with E-state index in [0.29, 0.717) is 5.02 Å². The fourth-order valence-electron chi connectivity index (χ4n) is 2.57. The van der Waals surface area contributed by atoms with Gasteiger partial charge in [0, 0.05) is 5.02 Å². The number of rotatable bonds is 5. The summed E-state index contributed by atoms with van der Waals surface area (Å²) >= 11 is 5.86. The number of carbonyl (C=O) groups excluding carboxylic acids is 1. The Morgan fingerprint density at radius 1 is 0.840 bits per heavy atom. The lowest BCUT2D eigenvalue weighted by Crippen LogP contribution is -2.26. The highest BCUT2D eigenvalue weighted by Gasteiger charge is 2.22. The van der Waals surface area contributed by atoms with Crippen LogP contribution in [0.1, 0.15) is 22.6 Å². The third kappa shape index (κ3) is 4.55. The Balaban J connectivity index is 1.79. The van der Waals surface area contributed by atoms with Crippen LogP contribution in [-0.4, -0.2) is 12.1 Å². The first-order chi connectivity index (χ1) is 12.2. The van der Waals surface area contributed by atoms with Gasteiger partial charge in [-0.2, -0.15) is 5.10 Å². The van der Waals surface area contributed by atoms with Crippen molar-refractivity contribution in [3.63, 3.8) is 0 Å². The summed E-state index contributed by atoms with van der Waals surface area (Å²) < 4.78 is 0. The molecule has 25 heavy (non-hydrogen) atoms. The van der Waals surface area contributed by atoms with Gasteiger partial charge in [0.2, 0.25) is 0 Å². The van der Waals surface area contributed by atoms with Gasteiger partial charge in [0.25, 0.3) is 5.91 Å². The molecule has 1 amide bonds. The van der Waals surface area contributed by atoms with Crippen molar-refractivity contribution in [2.45, 2.75) is 5.92 Å². The SMILES string of the molecule is O=C(NN=Cc1ccc(Cl)cc1)C(c1ccccc1)c1ccccc1. The first kappa shape index (κ1) is 16.9. The molecule has 0 aliphatic carbocycles. The maximum atomic E-state index is 12.7. The molecule has 0 saturated heterocycles. The fraction of sp³-hybridized carbons (Fsp3) is 0.0476. The zero-order valence-electron chi connectivity index (χ0n) is 13.5. The van der Waals surface area contributed by atoms with Crippen LogP contribution in [0.5, 0.6) is 0 Å². The second kappa shape index (κ2) is 8.27. The summed E-state index contributed by atoms with van der Waals surface area (Å²) in [4.78, 5) is 12.7. The lowest BCUT2D eigenvalue weighted by Gasteiger charge is -2.16. The van der Waals surface area contributed by atoms with Crippen LogP contribution in [0.25, 0.3) is 0 Å². The van der Waals surface area contributed by atoms with Gasteiger partial charge in [0.1, 0.15) is 0 Å². The van der Waals surface area contributed by atoms with E-state index in [4.69, 9.17) is 11.6 Å². The standard InChI is InChI=1S/C21H17ClN2O/c22-19-13-11-16(12-14-19)15-23-24-21(25)20(17-7-3-1-4-8-17)18-9-5-2-6-10-18/h1-15,20H,(H,24,25). The smallest absolute Gasteiger partial charge is 0.252 e. The Morgan fingerprint density at radius 2 is 1.36 bits per heavy atom. The lowest BCUT2D eigenvalue weighted by molar-refractivity contribution is -0.121. The number of carbonyl (C=O) groups is 1. The zero-order valence-corrected chi connectivity index (χ0v) is 14.2. The van der Waals surface area contributed by atoms with Crippen molar-refractivity contribution in [1.29, 1.82) is 0 Å². The van der Waals surface area contributed by atoms with Crippen molar-refractivity contribution >= 4 is 23.7 Å². The molecule has 0 aliphatic rings. The van der Waals surface area contributed by atoms with E-state index in [1.54, 1.807) is 18.3 Å². The van der Waals surface area contributed by atoms with Crippen LogP contribution in [0.2, 0.25) is 5.02 Å². The minimum atomic E-state index is -0.412. The van der Waals surface area contributed by atoms with Gasteiger partial charge in [-0.3, -0.25) is 4.79 Å². The van der Waals surface area contributed by atoms with E-state index >= 15 is 0 Å². The molecule has 0 atom stereocenters. The second-order valence-corrected chi connectivity index (χ2v) is 5.98. The molecule has 1 N–H and O–H groups in total. The number of nitrogens with one attached hydrogen (secondary N) is 1. The molecule has 0 fully saturated rings. The Labute approximate surface area is 152 Å². The van der Waals surface area contributed by atoms with Gasteiger partial charge in [-0.1, -0.05) is 84.4 Å². The van der Waals surface area contributed by atoms with Gasteiger partial charge in [-0.25, -0.2) is 5.43 Å². The molecular formula is C21H17ClN2O. The van der Waals surface area contributed by atoms with Crippen molar-refractivity contribution in [3.8, 4) is 0 Å². The molecule has 3 rings (SSSR count). The van der Waals surface area contributed by atoms with Gasteiger partial charge in [0.15, 0.2) is 0 Å². The number of hydrogen-bond acceptors (Lipinski definition) is 2. The molecule has 124 valence electrons. The molecule has 0 heterocycles. The molecular weight excluding hydrogens is 332 g/mol. The summed E-state index contributed by atoms with van der Waals surface area (Å²) in [5.74, 6) is -0.590. The summed E-state index contributed by atoms with van der Waals surface area (Å²) in [5, 5.41) is 4.74. The minimum absolute atomic E-state index is 0.178. The zero-order chi connectivity index (χ0) is 17.5. The Bertz CT molecular complexity index is 807. The predicted molar refractivity (Wildman–Crippen MR) is 102 cm³/mol. The summed E-state index contributed by atoms with van der Waals surface area (Å²) in [6.07, 6.45) is 1.60. The average molecular weight is 349 g/mol. The van der Waals surface area contributed by atoms with Gasteiger partial charge in [-0.15, -0.1) is 0 Å². The molecule has 3 aromatic carbocycles. The monoisotopic (exact) mass is 348 g/mol. The number of hydrogen-bond donors (Lipinski definition) is 1. The highest BCUT2D eigenvalue weighted by atomic mass is 35.5. The normalized spacial score (nSPS) is 11.0. The molecule has 0 unspecified atom stereocenters. The van der Waals surface area contributed by atoms with Crippen LogP contribution >= 0.6 is 11.6 Å². The van der Waals surface area contributed by atoms with E-state index in [-0.39, 0.29) is 5.91 Å².